The average molecular weight is 409 g/mol. The molecule has 1 N–H and O–H groups in total. The molecule has 0 saturated carbocycles. The average Bonchev–Trinajstić information content (AvgIpc) is 2.77. The summed E-state index contributed by atoms with van der Waals surface area (Å²) in [5, 5.41) is 2.83. The van der Waals surface area contributed by atoms with E-state index in [0.717, 1.165) is 0 Å². The second kappa shape index (κ2) is 7.50. The number of carbonyl (C=O) groups is 2. The van der Waals surface area contributed by atoms with Gasteiger partial charge in [0.1, 0.15) is 12.4 Å². The Morgan fingerprint density at radius 2 is 1.67 bits per heavy atom. The van der Waals surface area contributed by atoms with Crippen LogP contribution in [0.2, 0.25) is 5.02 Å². The Hall–Kier alpha value is -2.71. The molecule has 0 radical (unpaired) electrons. The van der Waals surface area contributed by atoms with Crippen LogP contribution >= 0.6 is 11.6 Å². The molecule has 1 heterocycles. The number of rotatable bonds is 3. The highest BCUT2D eigenvalue weighted by Crippen LogP contribution is 2.22. The van der Waals surface area contributed by atoms with Crippen molar-refractivity contribution in [3.63, 3.8) is 0 Å². The van der Waals surface area contributed by atoms with Crippen LogP contribution in [0.4, 0.5) is 4.39 Å². The van der Waals surface area contributed by atoms with Gasteiger partial charge in [0.05, 0.1) is 4.90 Å². The number of benzene rings is 2. The molecule has 0 aromatic heterocycles. The Balaban J connectivity index is 2.01. The van der Waals surface area contributed by atoms with Crippen molar-refractivity contribution in [2.24, 2.45) is 0 Å². The number of carbonyl (C=O) groups excluding carboxylic acids is 2. The van der Waals surface area contributed by atoms with E-state index in [2.05, 4.69) is 5.32 Å². The second-order valence-electron chi connectivity index (χ2n) is 5.77. The number of hydrogen-bond donors (Lipinski definition) is 1. The number of nitrogens with zero attached hydrogens (tertiary/aromatic N) is 1. The lowest BCUT2D eigenvalue weighted by molar-refractivity contribution is -0.127. The molecule has 6 nitrogen and oxygen atoms in total. The zero-order chi connectivity index (χ0) is 19.6. The van der Waals surface area contributed by atoms with Gasteiger partial charge in [-0.3, -0.25) is 9.59 Å². The van der Waals surface area contributed by atoms with E-state index in [1.54, 1.807) is 0 Å². The predicted octanol–water partition coefficient (Wildman–Crippen LogP) is 2.21. The van der Waals surface area contributed by atoms with Crippen molar-refractivity contribution in [3.8, 4) is 0 Å². The topological polar surface area (TPSA) is 83.6 Å². The van der Waals surface area contributed by atoms with Crippen molar-refractivity contribution in [2.45, 2.75) is 4.90 Å². The molecular weight excluding hydrogens is 395 g/mol. The maximum atomic E-state index is 13.1. The summed E-state index contributed by atoms with van der Waals surface area (Å²) >= 11 is 5.77. The molecule has 1 aliphatic rings. The van der Waals surface area contributed by atoms with Crippen molar-refractivity contribution in [2.75, 3.05) is 13.1 Å². The molecule has 27 heavy (non-hydrogen) atoms. The van der Waals surface area contributed by atoms with Crippen LogP contribution in [0.5, 0.6) is 0 Å². The summed E-state index contributed by atoms with van der Waals surface area (Å²) in [7, 11) is -4.25. The van der Waals surface area contributed by atoms with Gasteiger partial charge in [-0.1, -0.05) is 23.7 Å². The highest BCUT2D eigenvalue weighted by Gasteiger charge is 2.35. The molecular formula is C18H14ClFN2O4S. The van der Waals surface area contributed by atoms with Gasteiger partial charge in [-0.2, -0.15) is 0 Å². The van der Waals surface area contributed by atoms with Gasteiger partial charge in [0.25, 0.3) is 15.9 Å². The minimum absolute atomic E-state index is 0.0602. The minimum atomic E-state index is -4.25. The molecule has 2 amide bonds. The van der Waals surface area contributed by atoms with Gasteiger partial charge >= 0.3 is 0 Å². The molecule has 0 aliphatic carbocycles. The van der Waals surface area contributed by atoms with E-state index in [-0.39, 0.29) is 17.0 Å². The van der Waals surface area contributed by atoms with E-state index < -0.39 is 34.2 Å². The van der Waals surface area contributed by atoms with Gasteiger partial charge in [0.2, 0.25) is 5.91 Å². The van der Waals surface area contributed by atoms with E-state index in [1.807, 2.05) is 0 Å². The molecule has 2 aromatic rings. The fraction of sp³-hybridized carbons (Fsp3) is 0.111. The number of nitrogens with one attached hydrogen (secondary N) is 1. The van der Waals surface area contributed by atoms with Crippen LogP contribution in [0.25, 0.3) is 6.08 Å². The van der Waals surface area contributed by atoms with E-state index in [0.29, 0.717) is 14.9 Å². The summed E-state index contributed by atoms with van der Waals surface area (Å²) in [6, 6.07) is 10.6. The molecule has 0 spiro atoms. The molecule has 1 fully saturated rings. The van der Waals surface area contributed by atoms with Gasteiger partial charge < -0.3 is 5.32 Å². The van der Waals surface area contributed by atoms with Crippen molar-refractivity contribution in [3.05, 3.63) is 70.5 Å². The van der Waals surface area contributed by atoms with Gasteiger partial charge in [0, 0.05) is 17.1 Å². The molecule has 0 atom stereocenters. The molecule has 9 heteroatoms. The van der Waals surface area contributed by atoms with Crippen LogP contribution < -0.4 is 5.32 Å². The lowest BCUT2D eigenvalue weighted by Gasteiger charge is -2.20. The van der Waals surface area contributed by atoms with Crippen LogP contribution in [0, 0.1) is 5.82 Å². The van der Waals surface area contributed by atoms with Crippen molar-refractivity contribution >= 4 is 39.5 Å². The first-order valence-electron chi connectivity index (χ1n) is 7.83. The maximum Gasteiger partial charge on any atom is 0.267 e. The largest absolute Gasteiger partial charge is 0.350 e. The SMILES string of the molecule is O=C1CN(S(=O)(=O)c2ccc(Cl)cc2)C(=O)C(=Cc2ccc(F)cc2)CN1. The lowest BCUT2D eigenvalue weighted by Crippen LogP contribution is -2.40. The van der Waals surface area contributed by atoms with Crippen molar-refractivity contribution in [1.82, 2.24) is 9.62 Å². The van der Waals surface area contributed by atoms with E-state index in [9.17, 15) is 22.4 Å². The van der Waals surface area contributed by atoms with Gasteiger partial charge in [-0.15, -0.1) is 0 Å². The fourth-order valence-electron chi connectivity index (χ4n) is 2.49. The maximum absolute atomic E-state index is 13.1. The second-order valence-corrected chi connectivity index (χ2v) is 8.07. The summed E-state index contributed by atoms with van der Waals surface area (Å²) in [6.07, 6.45) is 1.41. The zero-order valence-corrected chi connectivity index (χ0v) is 15.4. The van der Waals surface area contributed by atoms with Crippen LogP contribution in [0.1, 0.15) is 5.56 Å². The molecule has 0 bridgehead atoms. The van der Waals surface area contributed by atoms with Crippen LogP contribution in [-0.2, 0) is 19.6 Å². The van der Waals surface area contributed by atoms with E-state index >= 15 is 0 Å². The quantitative estimate of drug-likeness (QED) is 0.789. The standard InChI is InChI=1S/C18H14ClFN2O4S/c19-14-3-7-16(8-4-14)27(25,26)22-11-17(23)21-10-13(18(22)24)9-12-1-5-15(20)6-2-12/h1-9H,10-11H2,(H,21,23). The smallest absolute Gasteiger partial charge is 0.267 e. The minimum Gasteiger partial charge on any atom is -0.350 e. The number of halogens is 2. The van der Waals surface area contributed by atoms with Crippen molar-refractivity contribution < 1.29 is 22.4 Å². The summed E-state index contributed by atoms with van der Waals surface area (Å²) in [5.41, 5.74) is 0.560. The normalized spacial score (nSPS) is 17.0. The Bertz CT molecular complexity index is 1020. The van der Waals surface area contributed by atoms with Gasteiger partial charge in [0.15, 0.2) is 0 Å². The third kappa shape index (κ3) is 4.17. The van der Waals surface area contributed by atoms with E-state index in [4.69, 9.17) is 11.6 Å². The van der Waals surface area contributed by atoms with Crippen LogP contribution in [0.3, 0.4) is 0 Å². The monoisotopic (exact) mass is 408 g/mol. The Labute approximate surface area is 160 Å². The van der Waals surface area contributed by atoms with Gasteiger partial charge in [-0.25, -0.2) is 17.1 Å². The summed E-state index contributed by atoms with van der Waals surface area (Å²) < 4.78 is 39.3. The first kappa shape index (κ1) is 19.1. The predicted molar refractivity (Wildman–Crippen MR) is 97.7 cm³/mol. The molecule has 140 valence electrons. The van der Waals surface area contributed by atoms with Crippen molar-refractivity contribution in [1.29, 1.82) is 0 Å². The Morgan fingerprint density at radius 1 is 1.04 bits per heavy atom. The Morgan fingerprint density at radius 3 is 2.30 bits per heavy atom. The molecule has 0 unspecified atom stereocenters. The molecule has 1 aliphatic heterocycles. The molecule has 3 rings (SSSR count). The van der Waals surface area contributed by atoms with E-state index in [1.165, 1.54) is 54.6 Å². The summed E-state index contributed by atoms with van der Waals surface area (Å²) in [6.45, 7) is -0.772. The highest BCUT2D eigenvalue weighted by atomic mass is 35.5. The van der Waals surface area contributed by atoms with Crippen LogP contribution in [-0.4, -0.2) is 37.6 Å². The number of amides is 2. The Kier molecular flexibility index (Phi) is 5.29. The molecule has 2 aromatic carbocycles. The van der Waals surface area contributed by atoms with Gasteiger partial charge in [-0.05, 0) is 48.0 Å². The lowest BCUT2D eigenvalue weighted by atomic mass is 10.1. The summed E-state index contributed by atoms with van der Waals surface area (Å²) in [5.74, 6) is -1.87. The zero-order valence-electron chi connectivity index (χ0n) is 13.9. The highest BCUT2D eigenvalue weighted by molar-refractivity contribution is 7.89. The van der Waals surface area contributed by atoms with Crippen LogP contribution in [0.15, 0.2) is 59.0 Å². The first-order chi connectivity index (χ1) is 12.8. The first-order valence-corrected chi connectivity index (χ1v) is 9.64. The molecule has 1 saturated heterocycles. The third-order valence-corrected chi connectivity index (χ3v) is 5.87. The third-order valence-electron chi connectivity index (χ3n) is 3.88. The number of sulfonamides is 1. The fourth-order valence-corrected chi connectivity index (χ4v) is 3.97. The summed E-state index contributed by atoms with van der Waals surface area (Å²) in [4.78, 5) is 24.6. The number of hydrogen-bond acceptors (Lipinski definition) is 4.